The topological polar surface area (TPSA) is 45.1 Å². The molecule has 1 N–H and O–H groups in total. The monoisotopic (exact) mass is 364 g/mol. The van der Waals surface area contributed by atoms with Crippen molar-refractivity contribution in [2.75, 3.05) is 27.2 Å². The summed E-state index contributed by atoms with van der Waals surface area (Å²) in [7, 11) is 4.08. The minimum absolute atomic E-state index is 0.0955. The molecule has 0 aromatic heterocycles. The van der Waals surface area contributed by atoms with Crippen LogP contribution in [-0.2, 0) is 4.84 Å². The maximum atomic E-state index is 10.7. The molecule has 0 radical (unpaired) electrons. The highest BCUT2D eigenvalue weighted by atomic mass is 16.6. The van der Waals surface area contributed by atoms with Crippen molar-refractivity contribution in [1.82, 2.24) is 4.90 Å². The lowest BCUT2D eigenvalue weighted by molar-refractivity contribution is 0.0233. The summed E-state index contributed by atoms with van der Waals surface area (Å²) in [4.78, 5) is 7.45. The minimum atomic E-state index is -0.0955. The molecule has 0 aromatic rings. The summed E-state index contributed by atoms with van der Waals surface area (Å²) in [6, 6.07) is 0. The standard InChI is InChI=1S/C22H40N2O2/c1-16-13-19(17-7-5-4-6-8-17)14-20-21(25)15-18(22(16)20)9-10-23-26-12-11-24(2)3/h10,16-22,25H,4-9,11-15H2,1-3H3/b23-10+/t16?,18-,19-,20+,21?,22+/m0/s1. The lowest BCUT2D eigenvalue weighted by atomic mass is 9.62. The van der Waals surface area contributed by atoms with Crippen molar-refractivity contribution >= 4 is 6.21 Å². The van der Waals surface area contributed by atoms with Gasteiger partial charge in [-0.1, -0.05) is 44.2 Å². The van der Waals surface area contributed by atoms with Crippen LogP contribution in [0.15, 0.2) is 5.16 Å². The molecule has 3 aliphatic carbocycles. The Morgan fingerprint density at radius 3 is 2.58 bits per heavy atom. The molecule has 6 atom stereocenters. The van der Waals surface area contributed by atoms with Gasteiger partial charge in [0, 0.05) is 12.8 Å². The van der Waals surface area contributed by atoms with Crippen molar-refractivity contribution in [3.8, 4) is 0 Å². The first-order chi connectivity index (χ1) is 12.6. The smallest absolute Gasteiger partial charge is 0.129 e. The highest BCUT2D eigenvalue weighted by Gasteiger charge is 2.49. The summed E-state index contributed by atoms with van der Waals surface area (Å²) >= 11 is 0. The fourth-order valence-corrected chi connectivity index (χ4v) is 6.28. The first kappa shape index (κ1) is 20.1. The Balaban J connectivity index is 1.50. The summed E-state index contributed by atoms with van der Waals surface area (Å²) in [5.74, 6) is 4.33. The molecule has 0 aromatic carbocycles. The van der Waals surface area contributed by atoms with Crippen molar-refractivity contribution in [2.45, 2.75) is 70.8 Å². The van der Waals surface area contributed by atoms with E-state index in [1.54, 1.807) is 0 Å². The average Bonchev–Trinajstić information content (AvgIpc) is 2.95. The minimum Gasteiger partial charge on any atom is -0.395 e. The number of aliphatic hydroxyl groups excluding tert-OH is 1. The fourth-order valence-electron chi connectivity index (χ4n) is 6.28. The SMILES string of the molecule is CC1C[C@H](C2CCCCC2)C[C@@H]2C(O)C[C@H](C/C=N/OCCN(C)C)[C@@H]12. The number of rotatable bonds is 7. The van der Waals surface area contributed by atoms with Crippen LogP contribution in [-0.4, -0.2) is 49.6 Å². The zero-order valence-electron chi connectivity index (χ0n) is 17.1. The van der Waals surface area contributed by atoms with Crippen LogP contribution < -0.4 is 0 Å². The van der Waals surface area contributed by atoms with Crippen molar-refractivity contribution in [2.24, 2.45) is 40.7 Å². The van der Waals surface area contributed by atoms with Crippen LogP contribution in [0, 0.1) is 35.5 Å². The number of oxime groups is 1. The second-order valence-electron chi connectivity index (χ2n) is 9.57. The molecule has 4 nitrogen and oxygen atoms in total. The summed E-state index contributed by atoms with van der Waals surface area (Å²) in [5.41, 5.74) is 0. The number of hydrogen-bond acceptors (Lipinski definition) is 4. The molecule has 3 saturated carbocycles. The maximum absolute atomic E-state index is 10.7. The third kappa shape index (κ3) is 5.01. The van der Waals surface area contributed by atoms with E-state index in [0.717, 1.165) is 37.1 Å². The molecule has 3 rings (SSSR count). The van der Waals surface area contributed by atoms with E-state index in [1.165, 1.54) is 44.9 Å². The van der Waals surface area contributed by atoms with Gasteiger partial charge in [-0.25, -0.2) is 0 Å². The van der Waals surface area contributed by atoms with Gasteiger partial charge < -0.3 is 14.8 Å². The van der Waals surface area contributed by atoms with Gasteiger partial charge in [0.2, 0.25) is 0 Å². The molecule has 150 valence electrons. The van der Waals surface area contributed by atoms with E-state index in [9.17, 15) is 5.11 Å². The lowest BCUT2D eigenvalue weighted by Gasteiger charge is -2.43. The summed E-state index contributed by atoms with van der Waals surface area (Å²) in [5, 5.41) is 14.9. The number of nitrogens with zero attached hydrogens (tertiary/aromatic N) is 2. The Morgan fingerprint density at radius 1 is 1.08 bits per heavy atom. The third-order valence-electron chi connectivity index (χ3n) is 7.49. The fraction of sp³-hybridized carbons (Fsp3) is 0.955. The molecular weight excluding hydrogens is 324 g/mol. The predicted molar refractivity (Wildman–Crippen MR) is 107 cm³/mol. The van der Waals surface area contributed by atoms with E-state index < -0.39 is 0 Å². The Bertz CT molecular complexity index is 447. The largest absolute Gasteiger partial charge is 0.395 e. The number of aliphatic hydroxyl groups is 1. The summed E-state index contributed by atoms with van der Waals surface area (Å²) in [6.07, 6.45) is 13.6. The first-order valence-electron chi connectivity index (χ1n) is 11.0. The van der Waals surface area contributed by atoms with Crippen LogP contribution in [0.5, 0.6) is 0 Å². The van der Waals surface area contributed by atoms with Crippen LogP contribution in [0.3, 0.4) is 0 Å². The van der Waals surface area contributed by atoms with Gasteiger partial charge in [0.15, 0.2) is 0 Å². The average molecular weight is 365 g/mol. The Morgan fingerprint density at radius 2 is 1.85 bits per heavy atom. The van der Waals surface area contributed by atoms with Gasteiger partial charge >= 0.3 is 0 Å². The molecule has 0 bridgehead atoms. The Labute approximate surface area is 160 Å². The second-order valence-corrected chi connectivity index (χ2v) is 9.57. The molecule has 3 fully saturated rings. The Kier molecular flexibility index (Phi) is 7.39. The zero-order chi connectivity index (χ0) is 18.5. The quantitative estimate of drug-likeness (QED) is 0.419. The highest BCUT2D eigenvalue weighted by molar-refractivity contribution is 5.56. The van der Waals surface area contributed by atoms with Crippen LogP contribution in [0.1, 0.15) is 64.7 Å². The first-order valence-corrected chi connectivity index (χ1v) is 11.0. The molecule has 0 amide bonds. The maximum Gasteiger partial charge on any atom is 0.129 e. The molecule has 0 saturated heterocycles. The van der Waals surface area contributed by atoms with E-state index in [1.807, 2.05) is 20.3 Å². The molecule has 0 aliphatic heterocycles. The highest BCUT2D eigenvalue weighted by Crippen LogP contribution is 2.53. The molecule has 4 heteroatoms. The molecule has 0 heterocycles. The molecule has 26 heavy (non-hydrogen) atoms. The van der Waals surface area contributed by atoms with Gasteiger partial charge in [-0.2, -0.15) is 0 Å². The number of hydrogen-bond donors (Lipinski definition) is 1. The van der Waals surface area contributed by atoms with Gasteiger partial charge in [-0.15, -0.1) is 0 Å². The zero-order valence-corrected chi connectivity index (χ0v) is 17.1. The van der Waals surface area contributed by atoms with E-state index >= 15 is 0 Å². The van der Waals surface area contributed by atoms with Gasteiger partial charge in [0.05, 0.1) is 6.10 Å². The van der Waals surface area contributed by atoms with Crippen LogP contribution in [0.25, 0.3) is 0 Å². The van der Waals surface area contributed by atoms with Crippen molar-refractivity contribution < 1.29 is 9.94 Å². The van der Waals surface area contributed by atoms with Crippen molar-refractivity contribution in [1.29, 1.82) is 0 Å². The third-order valence-corrected chi connectivity index (χ3v) is 7.49. The Hall–Kier alpha value is -0.610. The van der Waals surface area contributed by atoms with Gasteiger partial charge in [-0.3, -0.25) is 0 Å². The molecule has 2 unspecified atom stereocenters. The molecular formula is C22H40N2O2. The summed E-state index contributed by atoms with van der Waals surface area (Å²) in [6.45, 7) is 3.98. The number of fused-ring (bicyclic) bond motifs is 1. The second kappa shape index (κ2) is 9.54. The molecule has 0 spiro atoms. The van der Waals surface area contributed by atoms with Crippen LogP contribution in [0.2, 0.25) is 0 Å². The molecule has 3 aliphatic rings. The summed E-state index contributed by atoms with van der Waals surface area (Å²) < 4.78 is 0. The van der Waals surface area contributed by atoms with Crippen molar-refractivity contribution in [3.05, 3.63) is 0 Å². The van der Waals surface area contributed by atoms with E-state index in [0.29, 0.717) is 24.4 Å². The van der Waals surface area contributed by atoms with E-state index in [-0.39, 0.29) is 6.10 Å². The van der Waals surface area contributed by atoms with Crippen LogP contribution in [0.4, 0.5) is 0 Å². The van der Waals surface area contributed by atoms with Crippen LogP contribution >= 0.6 is 0 Å². The van der Waals surface area contributed by atoms with E-state index in [2.05, 4.69) is 17.0 Å². The van der Waals surface area contributed by atoms with Gasteiger partial charge in [0.25, 0.3) is 0 Å². The van der Waals surface area contributed by atoms with Crippen molar-refractivity contribution in [3.63, 3.8) is 0 Å². The normalized spacial score (nSPS) is 38.8. The van der Waals surface area contributed by atoms with E-state index in [4.69, 9.17) is 4.84 Å². The lowest BCUT2D eigenvalue weighted by Crippen LogP contribution is -2.37. The predicted octanol–water partition coefficient (Wildman–Crippen LogP) is 4.18. The van der Waals surface area contributed by atoms with Gasteiger partial charge in [-0.05, 0) is 75.3 Å². The number of likely N-dealkylation sites (N-methyl/N-ethyl adjacent to an activating group) is 1. The van der Waals surface area contributed by atoms with Gasteiger partial charge in [0.1, 0.15) is 6.61 Å².